The molecule has 8 heteroatoms. The van der Waals surface area contributed by atoms with Crippen molar-refractivity contribution in [2.24, 2.45) is 0 Å². The number of ether oxygens (including phenoxy) is 2. The highest BCUT2D eigenvalue weighted by Crippen LogP contribution is 2.48. The van der Waals surface area contributed by atoms with E-state index < -0.39 is 23.8 Å². The number of carbonyl (C=O) groups is 2. The summed E-state index contributed by atoms with van der Waals surface area (Å²) in [7, 11) is 1.32. The molecule has 0 radical (unpaired) electrons. The molecule has 2 heterocycles. The van der Waals surface area contributed by atoms with Gasteiger partial charge in [0.15, 0.2) is 6.10 Å². The molecule has 0 spiro atoms. The lowest BCUT2D eigenvalue weighted by Crippen LogP contribution is -2.38. The lowest BCUT2D eigenvalue weighted by atomic mass is 9.87. The maximum Gasteiger partial charge on any atom is 0.414 e. The summed E-state index contributed by atoms with van der Waals surface area (Å²) in [6.07, 6.45) is -1.83. The number of halogens is 1. The summed E-state index contributed by atoms with van der Waals surface area (Å²) in [4.78, 5) is 26.8. The fraction of sp³-hybridized carbons (Fsp3) is 0.385. The van der Waals surface area contributed by atoms with Crippen molar-refractivity contribution in [3.63, 3.8) is 0 Å². The van der Waals surface area contributed by atoms with Crippen LogP contribution in [-0.4, -0.2) is 41.0 Å². The van der Waals surface area contributed by atoms with Gasteiger partial charge in [0.25, 0.3) is 0 Å². The molecule has 180 valence electrons. The fourth-order valence-electron chi connectivity index (χ4n) is 4.83. The van der Waals surface area contributed by atoms with E-state index in [0.29, 0.717) is 41.0 Å². The molecule has 0 saturated carbocycles. The SMILES string of the molecule is COC(=O)N1CCn2c(C)cc3c(-c4ccc(F)cc4)c([C@H](OC(C)(C)C)C(=O)O)c(C)c1c32. The van der Waals surface area contributed by atoms with Gasteiger partial charge in [0.1, 0.15) is 5.82 Å². The lowest BCUT2D eigenvalue weighted by molar-refractivity contribution is -0.160. The zero-order chi connectivity index (χ0) is 24.9. The molecule has 1 N–H and O–H groups in total. The van der Waals surface area contributed by atoms with Crippen LogP contribution in [0.1, 0.15) is 43.7 Å². The van der Waals surface area contributed by atoms with Crippen LogP contribution in [-0.2, 0) is 20.8 Å². The molecule has 0 unspecified atom stereocenters. The molecule has 0 fully saturated rings. The molecule has 0 bridgehead atoms. The summed E-state index contributed by atoms with van der Waals surface area (Å²) < 4.78 is 27.0. The molecule has 1 aliphatic rings. The third kappa shape index (κ3) is 3.92. The number of hydrogen-bond donors (Lipinski definition) is 1. The second-order valence-corrected chi connectivity index (χ2v) is 9.54. The Bertz CT molecular complexity index is 1290. The molecule has 1 atom stereocenters. The number of carboxylic acids is 1. The topological polar surface area (TPSA) is 81.0 Å². The first-order chi connectivity index (χ1) is 15.9. The molecular weight excluding hydrogens is 439 g/mol. The molecule has 1 aliphatic heterocycles. The van der Waals surface area contributed by atoms with Gasteiger partial charge in [-0.15, -0.1) is 0 Å². The normalized spacial score (nSPS) is 14.4. The van der Waals surface area contributed by atoms with E-state index in [9.17, 15) is 19.1 Å². The third-order valence-electron chi connectivity index (χ3n) is 6.13. The van der Waals surface area contributed by atoms with Gasteiger partial charge in [-0.05, 0) is 69.5 Å². The molecule has 4 rings (SSSR count). The van der Waals surface area contributed by atoms with Crippen molar-refractivity contribution in [1.29, 1.82) is 0 Å². The van der Waals surface area contributed by atoms with Crippen LogP contribution in [0.15, 0.2) is 30.3 Å². The van der Waals surface area contributed by atoms with E-state index in [4.69, 9.17) is 9.47 Å². The Balaban J connectivity index is 2.17. The van der Waals surface area contributed by atoms with Gasteiger partial charge in [-0.25, -0.2) is 14.0 Å². The van der Waals surface area contributed by atoms with Crippen LogP contribution >= 0.6 is 0 Å². The number of nitrogens with zero attached hydrogens (tertiary/aromatic N) is 2. The summed E-state index contributed by atoms with van der Waals surface area (Å²) in [5.74, 6) is -1.54. The van der Waals surface area contributed by atoms with Gasteiger partial charge in [0, 0.05) is 29.7 Å². The van der Waals surface area contributed by atoms with Crippen molar-refractivity contribution in [2.45, 2.75) is 52.9 Å². The summed E-state index contributed by atoms with van der Waals surface area (Å²) in [5.41, 5.74) is 4.00. The number of carbonyl (C=O) groups excluding carboxylic acids is 1. The van der Waals surface area contributed by atoms with Crippen LogP contribution in [0.25, 0.3) is 22.0 Å². The summed E-state index contributed by atoms with van der Waals surface area (Å²) in [5, 5.41) is 11.0. The molecule has 0 aliphatic carbocycles. The molecule has 2 aromatic carbocycles. The average molecular weight is 469 g/mol. The van der Waals surface area contributed by atoms with Gasteiger partial charge in [0.05, 0.1) is 23.9 Å². The first-order valence-corrected chi connectivity index (χ1v) is 11.1. The molecule has 3 aromatic rings. The van der Waals surface area contributed by atoms with Crippen molar-refractivity contribution in [1.82, 2.24) is 4.57 Å². The number of hydrogen-bond acceptors (Lipinski definition) is 4. The smallest absolute Gasteiger partial charge is 0.414 e. The maximum atomic E-state index is 13.8. The second kappa shape index (κ2) is 8.43. The average Bonchev–Trinajstić information content (AvgIpc) is 3.10. The fourth-order valence-corrected chi connectivity index (χ4v) is 4.83. The van der Waals surface area contributed by atoms with Crippen LogP contribution in [0.4, 0.5) is 14.9 Å². The Morgan fingerprint density at radius 3 is 2.32 bits per heavy atom. The van der Waals surface area contributed by atoms with Crippen LogP contribution in [0, 0.1) is 19.7 Å². The molecule has 1 aromatic heterocycles. The minimum absolute atomic E-state index is 0.387. The van der Waals surface area contributed by atoms with Crippen LogP contribution in [0.5, 0.6) is 0 Å². The minimum Gasteiger partial charge on any atom is -0.479 e. The number of carboxylic acid groups (broad SMARTS) is 1. The number of aliphatic carboxylic acids is 1. The highest BCUT2D eigenvalue weighted by atomic mass is 19.1. The molecular formula is C26H29FN2O5. The Hall–Kier alpha value is -3.39. The Morgan fingerprint density at radius 2 is 1.76 bits per heavy atom. The van der Waals surface area contributed by atoms with E-state index in [1.807, 2.05) is 13.0 Å². The van der Waals surface area contributed by atoms with Gasteiger partial charge in [-0.2, -0.15) is 0 Å². The summed E-state index contributed by atoms with van der Waals surface area (Å²) >= 11 is 0. The summed E-state index contributed by atoms with van der Waals surface area (Å²) in [6, 6.07) is 7.96. The third-order valence-corrected chi connectivity index (χ3v) is 6.13. The largest absolute Gasteiger partial charge is 0.479 e. The van der Waals surface area contributed by atoms with Crippen LogP contribution in [0.2, 0.25) is 0 Å². The van der Waals surface area contributed by atoms with E-state index in [1.165, 1.54) is 19.2 Å². The monoisotopic (exact) mass is 468 g/mol. The zero-order valence-corrected chi connectivity index (χ0v) is 20.2. The predicted molar refractivity (Wildman–Crippen MR) is 128 cm³/mol. The molecule has 34 heavy (non-hydrogen) atoms. The number of aryl methyl sites for hydroxylation is 1. The standard InChI is InChI=1S/C26H29FN2O5/c1-14-13-18-20(16-7-9-17(27)10-8-16)19(23(24(30)31)34-26(3,4)5)15(2)21-22(18)28(14)11-12-29(21)25(32)33-6/h7-10,13,23H,11-12H2,1-6H3,(H,30,31)/t23-/m0/s1. The van der Waals surface area contributed by atoms with Crippen molar-refractivity contribution >= 4 is 28.7 Å². The van der Waals surface area contributed by atoms with E-state index >= 15 is 0 Å². The van der Waals surface area contributed by atoms with Gasteiger partial charge < -0.3 is 19.1 Å². The first-order valence-electron chi connectivity index (χ1n) is 11.1. The zero-order valence-electron chi connectivity index (χ0n) is 20.2. The summed E-state index contributed by atoms with van der Waals surface area (Å²) in [6.45, 7) is 10.1. The molecule has 7 nitrogen and oxygen atoms in total. The van der Waals surface area contributed by atoms with Crippen molar-refractivity contribution in [2.75, 3.05) is 18.6 Å². The van der Waals surface area contributed by atoms with Gasteiger partial charge in [0.2, 0.25) is 0 Å². The van der Waals surface area contributed by atoms with Crippen LogP contribution in [0.3, 0.4) is 0 Å². The van der Waals surface area contributed by atoms with Gasteiger partial charge in [-0.1, -0.05) is 12.1 Å². The van der Waals surface area contributed by atoms with E-state index in [0.717, 1.165) is 16.6 Å². The van der Waals surface area contributed by atoms with E-state index in [1.54, 1.807) is 44.7 Å². The number of methoxy groups -OCH3 is 1. The predicted octanol–water partition coefficient (Wildman–Crippen LogP) is 5.59. The minimum atomic E-state index is -1.31. The quantitative estimate of drug-likeness (QED) is 0.540. The lowest BCUT2D eigenvalue weighted by Gasteiger charge is -2.34. The number of anilines is 1. The Kier molecular flexibility index (Phi) is 5.89. The van der Waals surface area contributed by atoms with Gasteiger partial charge in [-0.3, -0.25) is 4.90 Å². The molecule has 0 saturated heterocycles. The van der Waals surface area contributed by atoms with Crippen molar-refractivity contribution in [3.05, 3.63) is 53.0 Å². The Morgan fingerprint density at radius 1 is 1.12 bits per heavy atom. The molecule has 1 amide bonds. The first kappa shape index (κ1) is 23.8. The van der Waals surface area contributed by atoms with Gasteiger partial charge >= 0.3 is 12.1 Å². The number of benzene rings is 2. The number of amides is 1. The number of rotatable bonds is 4. The maximum absolute atomic E-state index is 13.8. The van der Waals surface area contributed by atoms with Crippen LogP contribution < -0.4 is 4.90 Å². The number of aromatic nitrogens is 1. The second-order valence-electron chi connectivity index (χ2n) is 9.54. The van der Waals surface area contributed by atoms with E-state index in [2.05, 4.69) is 4.57 Å². The van der Waals surface area contributed by atoms with Crippen molar-refractivity contribution < 1.29 is 28.6 Å². The van der Waals surface area contributed by atoms with Crippen molar-refractivity contribution in [3.8, 4) is 11.1 Å². The Labute approximate surface area is 197 Å². The highest BCUT2D eigenvalue weighted by Gasteiger charge is 2.37. The van der Waals surface area contributed by atoms with E-state index in [-0.39, 0.29) is 5.82 Å². The highest BCUT2D eigenvalue weighted by molar-refractivity contribution is 6.11.